The first-order valence-electron chi connectivity index (χ1n) is 11.8. The van der Waals surface area contributed by atoms with Crippen LogP contribution in [-0.4, -0.2) is 30.6 Å². The summed E-state index contributed by atoms with van der Waals surface area (Å²) in [6, 6.07) is 23.6. The molecule has 0 fully saturated rings. The van der Waals surface area contributed by atoms with Crippen molar-refractivity contribution in [1.29, 1.82) is 0 Å². The van der Waals surface area contributed by atoms with Crippen molar-refractivity contribution in [3.05, 3.63) is 107 Å². The average molecular weight is 449 g/mol. The third-order valence-corrected chi connectivity index (χ3v) is 7.18. The number of nitrogens with zero attached hydrogens (tertiary/aromatic N) is 1. The van der Waals surface area contributed by atoms with E-state index in [0.717, 1.165) is 36.4 Å². The Morgan fingerprint density at radius 2 is 1.82 bits per heavy atom. The molecular formula is C30H28N2O2. The van der Waals surface area contributed by atoms with Gasteiger partial charge in [0.2, 0.25) is 0 Å². The van der Waals surface area contributed by atoms with E-state index >= 15 is 0 Å². The van der Waals surface area contributed by atoms with Gasteiger partial charge in [0, 0.05) is 34.4 Å². The van der Waals surface area contributed by atoms with Crippen LogP contribution in [0.25, 0.3) is 22.2 Å². The number of benzene rings is 3. The maximum Gasteiger partial charge on any atom is 0.119 e. The van der Waals surface area contributed by atoms with Crippen molar-refractivity contribution in [3.63, 3.8) is 0 Å². The van der Waals surface area contributed by atoms with Crippen molar-refractivity contribution in [3.8, 4) is 11.5 Å². The fraction of sp³-hybridized carbons (Fsp3) is 0.200. The first-order chi connectivity index (χ1) is 16.7. The van der Waals surface area contributed by atoms with Gasteiger partial charge in [-0.25, -0.2) is 0 Å². The lowest BCUT2D eigenvalue weighted by Crippen LogP contribution is -2.38. The summed E-state index contributed by atoms with van der Waals surface area (Å²) in [7, 11) is 3.45. The summed E-state index contributed by atoms with van der Waals surface area (Å²) in [6.07, 6.45) is 3.77. The summed E-state index contributed by atoms with van der Waals surface area (Å²) in [4.78, 5) is 6.36. The number of hydrogen-bond acceptors (Lipinski definition) is 3. The predicted molar refractivity (Wildman–Crippen MR) is 138 cm³/mol. The first-order valence-corrected chi connectivity index (χ1v) is 11.8. The van der Waals surface area contributed by atoms with Gasteiger partial charge in [0.05, 0.1) is 20.3 Å². The maximum absolute atomic E-state index is 5.65. The molecule has 0 saturated heterocycles. The minimum absolute atomic E-state index is 0.104. The second-order valence-corrected chi connectivity index (χ2v) is 8.91. The molecule has 0 saturated carbocycles. The van der Waals surface area contributed by atoms with Crippen LogP contribution < -0.4 is 9.47 Å². The van der Waals surface area contributed by atoms with E-state index in [4.69, 9.17) is 9.47 Å². The molecule has 3 heterocycles. The number of para-hydroxylation sites is 1. The van der Waals surface area contributed by atoms with Crippen LogP contribution in [0.3, 0.4) is 0 Å². The smallest absolute Gasteiger partial charge is 0.119 e. The van der Waals surface area contributed by atoms with E-state index in [9.17, 15) is 0 Å². The SMILES string of the molecule is C=CCC1=C(c2cccc(OC)c2)N2CCc3c([nH]c4ccccc34)C2c2ccc(OC)cc21. The Bertz CT molecular complexity index is 1450. The van der Waals surface area contributed by atoms with Gasteiger partial charge < -0.3 is 19.4 Å². The van der Waals surface area contributed by atoms with Crippen LogP contribution in [0.5, 0.6) is 11.5 Å². The van der Waals surface area contributed by atoms with Gasteiger partial charge in [0.1, 0.15) is 11.5 Å². The number of ether oxygens (including phenoxy) is 2. The molecule has 3 aromatic carbocycles. The number of fused-ring (bicyclic) bond motifs is 7. The van der Waals surface area contributed by atoms with E-state index in [-0.39, 0.29) is 6.04 Å². The Hall–Kier alpha value is -3.92. The Morgan fingerprint density at radius 3 is 2.65 bits per heavy atom. The predicted octanol–water partition coefficient (Wildman–Crippen LogP) is 6.59. The minimum Gasteiger partial charge on any atom is -0.497 e. The molecule has 0 aliphatic carbocycles. The van der Waals surface area contributed by atoms with Crippen LogP contribution in [0.15, 0.2) is 79.4 Å². The number of rotatable bonds is 5. The molecule has 4 heteroatoms. The highest BCUT2D eigenvalue weighted by molar-refractivity contribution is 5.95. The molecule has 34 heavy (non-hydrogen) atoms. The van der Waals surface area contributed by atoms with Gasteiger partial charge in [0.25, 0.3) is 0 Å². The zero-order valence-electron chi connectivity index (χ0n) is 19.6. The van der Waals surface area contributed by atoms with Crippen LogP contribution in [0.1, 0.15) is 40.4 Å². The minimum atomic E-state index is 0.104. The van der Waals surface area contributed by atoms with Crippen molar-refractivity contribution < 1.29 is 9.47 Å². The summed E-state index contributed by atoms with van der Waals surface area (Å²) in [5, 5.41) is 1.33. The van der Waals surface area contributed by atoms with Crippen molar-refractivity contribution in [2.45, 2.75) is 18.9 Å². The molecule has 1 atom stereocenters. The lowest BCUT2D eigenvalue weighted by atomic mass is 9.80. The second kappa shape index (κ2) is 8.14. The Labute approximate surface area is 200 Å². The monoisotopic (exact) mass is 448 g/mol. The Kier molecular flexibility index (Phi) is 4.95. The van der Waals surface area contributed by atoms with Crippen LogP contribution in [-0.2, 0) is 6.42 Å². The number of allylic oxidation sites excluding steroid dienone is 2. The normalized spacial score (nSPS) is 16.6. The zero-order chi connectivity index (χ0) is 23.2. The number of methoxy groups -OCH3 is 2. The van der Waals surface area contributed by atoms with Gasteiger partial charge in [0.15, 0.2) is 0 Å². The van der Waals surface area contributed by atoms with Crippen LogP contribution >= 0.6 is 0 Å². The zero-order valence-corrected chi connectivity index (χ0v) is 19.6. The van der Waals surface area contributed by atoms with Crippen LogP contribution in [0.4, 0.5) is 0 Å². The lowest BCUT2D eigenvalue weighted by Gasteiger charge is -2.45. The molecule has 4 aromatic rings. The molecule has 0 spiro atoms. The van der Waals surface area contributed by atoms with E-state index in [1.54, 1.807) is 14.2 Å². The van der Waals surface area contributed by atoms with Gasteiger partial charge in [-0.3, -0.25) is 0 Å². The first kappa shape index (κ1) is 20.7. The third kappa shape index (κ3) is 3.06. The van der Waals surface area contributed by atoms with Crippen molar-refractivity contribution >= 4 is 22.2 Å². The molecular weight excluding hydrogens is 420 g/mol. The van der Waals surface area contributed by atoms with E-state index < -0.39 is 0 Å². The molecule has 0 bridgehead atoms. The van der Waals surface area contributed by atoms with Crippen molar-refractivity contribution in [1.82, 2.24) is 9.88 Å². The molecule has 2 aliphatic heterocycles. The van der Waals surface area contributed by atoms with Gasteiger partial charge in [-0.1, -0.05) is 42.5 Å². The summed E-state index contributed by atoms with van der Waals surface area (Å²) in [5.74, 6) is 1.73. The van der Waals surface area contributed by atoms with Gasteiger partial charge in [-0.2, -0.15) is 0 Å². The topological polar surface area (TPSA) is 37.5 Å². The molecule has 0 amide bonds. The molecule has 6 rings (SSSR count). The van der Waals surface area contributed by atoms with Gasteiger partial charge in [-0.15, -0.1) is 6.58 Å². The average Bonchev–Trinajstić information content (AvgIpc) is 3.27. The van der Waals surface area contributed by atoms with E-state index in [2.05, 4.69) is 77.1 Å². The maximum atomic E-state index is 5.65. The molecule has 0 radical (unpaired) electrons. The van der Waals surface area contributed by atoms with Crippen molar-refractivity contribution in [2.75, 3.05) is 20.8 Å². The number of hydrogen-bond donors (Lipinski definition) is 1. The standard InChI is InChI=1S/C30H28N2O2/c1-4-8-24-26-18-21(34-3)13-14-25(26)30-28-23(22-11-5-6-12-27(22)31-28)15-16-32(30)29(24)19-9-7-10-20(17-19)33-2/h4-7,9-14,17-18,30-31H,1,8,15-16H2,2-3H3. The number of H-pyrrole nitrogens is 1. The highest BCUT2D eigenvalue weighted by atomic mass is 16.5. The van der Waals surface area contributed by atoms with Gasteiger partial charge in [-0.05, 0) is 65.4 Å². The lowest BCUT2D eigenvalue weighted by molar-refractivity contribution is 0.311. The molecule has 2 aliphatic rings. The van der Waals surface area contributed by atoms with E-state index in [1.807, 2.05) is 12.1 Å². The fourth-order valence-electron chi connectivity index (χ4n) is 5.73. The number of aromatic nitrogens is 1. The van der Waals surface area contributed by atoms with E-state index in [1.165, 1.54) is 44.6 Å². The Balaban J connectivity index is 1.66. The van der Waals surface area contributed by atoms with E-state index in [0.29, 0.717) is 0 Å². The van der Waals surface area contributed by atoms with Crippen LogP contribution in [0, 0.1) is 0 Å². The fourth-order valence-corrected chi connectivity index (χ4v) is 5.73. The Morgan fingerprint density at radius 1 is 1.00 bits per heavy atom. The second-order valence-electron chi connectivity index (χ2n) is 8.91. The molecule has 170 valence electrons. The summed E-state index contributed by atoms with van der Waals surface area (Å²) in [5.41, 5.74) is 10.1. The molecule has 4 nitrogen and oxygen atoms in total. The number of aromatic amines is 1. The molecule has 1 N–H and O–H groups in total. The molecule has 1 unspecified atom stereocenters. The largest absolute Gasteiger partial charge is 0.497 e. The molecule has 1 aromatic heterocycles. The van der Waals surface area contributed by atoms with Gasteiger partial charge >= 0.3 is 0 Å². The van der Waals surface area contributed by atoms with Crippen molar-refractivity contribution in [2.24, 2.45) is 0 Å². The summed E-state index contributed by atoms with van der Waals surface area (Å²) >= 11 is 0. The number of nitrogens with one attached hydrogen (secondary N) is 1. The third-order valence-electron chi connectivity index (χ3n) is 7.18. The highest BCUT2D eigenvalue weighted by Crippen LogP contribution is 2.51. The summed E-state index contributed by atoms with van der Waals surface area (Å²) in [6.45, 7) is 5.03. The highest BCUT2D eigenvalue weighted by Gasteiger charge is 2.39. The summed E-state index contributed by atoms with van der Waals surface area (Å²) < 4.78 is 11.2. The van der Waals surface area contributed by atoms with Crippen LogP contribution in [0.2, 0.25) is 0 Å². The quantitative estimate of drug-likeness (QED) is 0.350.